The summed E-state index contributed by atoms with van der Waals surface area (Å²) < 4.78 is 13.2. The molecule has 0 atom stereocenters. The highest BCUT2D eigenvalue weighted by Gasteiger charge is 2.06. The number of anilines is 1. The molecule has 94 valence electrons. The van der Waals surface area contributed by atoms with Crippen LogP contribution >= 0.6 is 0 Å². The van der Waals surface area contributed by atoms with Crippen molar-refractivity contribution in [3.8, 4) is 5.75 Å². The summed E-state index contributed by atoms with van der Waals surface area (Å²) in [6.07, 6.45) is 0. The van der Waals surface area contributed by atoms with Gasteiger partial charge in [-0.25, -0.2) is 4.39 Å². The first-order chi connectivity index (χ1) is 8.56. The average molecular weight is 245 g/mol. The molecule has 0 aliphatic heterocycles. The van der Waals surface area contributed by atoms with Gasteiger partial charge in [-0.05, 0) is 36.2 Å². The van der Waals surface area contributed by atoms with Crippen LogP contribution in [0.2, 0.25) is 0 Å². The molecule has 0 radical (unpaired) electrons. The average Bonchev–Trinajstić information content (AvgIpc) is 2.27. The van der Waals surface area contributed by atoms with Gasteiger partial charge in [-0.1, -0.05) is 18.2 Å². The maximum Gasteiger partial charge on any atom is 0.127 e. The van der Waals surface area contributed by atoms with Crippen LogP contribution in [0.15, 0.2) is 42.5 Å². The van der Waals surface area contributed by atoms with Crippen molar-refractivity contribution in [1.82, 2.24) is 0 Å². The van der Waals surface area contributed by atoms with Gasteiger partial charge < -0.3 is 10.0 Å². The molecule has 0 fully saturated rings. The second kappa shape index (κ2) is 5.08. The van der Waals surface area contributed by atoms with E-state index in [1.807, 2.05) is 43.1 Å². The number of para-hydroxylation sites is 1. The summed E-state index contributed by atoms with van der Waals surface area (Å²) in [5.41, 5.74) is 3.01. The van der Waals surface area contributed by atoms with Crippen LogP contribution in [0.3, 0.4) is 0 Å². The number of nitrogens with zero attached hydrogens (tertiary/aromatic N) is 1. The van der Waals surface area contributed by atoms with Crippen molar-refractivity contribution in [2.24, 2.45) is 0 Å². The number of aromatic hydroxyl groups is 1. The Morgan fingerprint density at radius 3 is 2.56 bits per heavy atom. The van der Waals surface area contributed by atoms with E-state index >= 15 is 0 Å². The Balaban J connectivity index is 2.21. The predicted molar refractivity (Wildman–Crippen MR) is 71.4 cm³/mol. The summed E-state index contributed by atoms with van der Waals surface area (Å²) in [5, 5.41) is 9.37. The number of aryl methyl sites for hydroxylation is 1. The van der Waals surface area contributed by atoms with Gasteiger partial charge >= 0.3 is 0 Å². The maximum absolute atomic E-state index is 13.2. The van der Waals surface area contributed by atoms with E-state index in [2.05, 4.69) is 0 Å². The third-order valence-electron chi connectivity index (χ3n) is 2.89. The zero-order chi connectivity index (χ0) is 13.1. The van der Waals surface area contributed by atoms with Gasteiger partial charge in [0.15, 0.2) is 0 Å². The molecule has 18 heavy (non-hydrogen) atoms. The van der Waals surface area contributed by atoms with Crippen LogP contribution in [0.4, 0.5) is 10.1 Å². The first-order valence-electron chi connectivity index (χ1n) is 5.81. The van der Waals surface area contributed by atoms with Crippen LogP contribution in [0, 0.1) is 12.7 Å². The number of phenols is 1. The first kappa shape index (κ1) is 12.4. The lowest BCUT2D eigenvalue weighted by Crippen LogP contribution is -2.17. The van der Waals surface area contributed by atoms with Crippen molar-refractivity contribution in [3.05, 3.63) is 59.4 Å². The third kappa shape index (κ3) is 2.80. The number of phenolic OH excluding ortho intramolecular Hbond substituents is 1. The van der Waals surface area contributed by atoms with Gasteiger partial charge in [0.2, 0.25) is 0 Å². The van der Waals surface area contributed by atoms with Crippen molar-refractivity contribution in [1.29, 1.82) is 0 Å². The summed E-state index contributed by atoms with van der Waals surface area (Å²) in [4.78, 5) is 2.03. The molecule has 0 aliphatic rings. The van der Waals surface area contributed by atoms with E-state index in [-0.39, 0.29) is 5.75 Å². The van der Waals surface area contributed by atoms with Crippen molar-refractivity contribution in [2.45, 2.75) is 13.5 Å². The quantitative estimate of drug-likeness (QED) is 0.895. The summed E-state index contributed by atoms with van der Waals surface area (Å²) in [6, 6.07) is 12.1. The number of halogens is 1. The molecule has 0 spiro atoms. The Hall–Kier alpha value is -2.03. The second-order valence-electron chi connectivity index (χ2n) is 4.46. The van der Waals surface area contributed by atoms with Crippen LogP contribution < -0.4 is 4.90 Å². The molecule has 0 amide bonds. The molecule has 2 aromatic carbocycles. The Bertz CT molecular complexity index is 534. The summed E-state index contributed by atoms with van der Waals surface area (Å²) in [7, 11) is 1.95. The molecular formula is C15H16FNO. The minimum atomic E-state index is -0.414. The summed E-state index contributed by atoms with van der Waals surface area (Å²) in [6.45, 7) is 2.59. The van der Waals surface area contributed by atoms with E-state index in [9.17, 15) is 9.50 Å². The van der Waals surface area contributed by atoms with Gasteiger partial charge in [0.25, 0.3) is 0 Å². The van der Waals surface area contributed by atoms with Crippen LogP contribution in [-0.4, -0.2) is 12.2 Å². The second-order valence-corrected chi connectivity index (χ2v) is 4.46. The smallest absolute Gasteiger partial charge is 0.127 e. The van der Waals surface area contributed by atoms with E-state index in [0.29, 0.717) is 6.54 Å². The molecule has 0 aliphatic carbocycles. The van der Waals surface area contributed by atoms with Crippen LogP contribution in [0.1, 0.15) is 11.1 Å². The molecule has 0 aromatic heterocycles. The molecular weight excluding hydrogens is 229 g/mol. The maximum atomic E-state index is 13.2. The van der Waals surface area contributed by atoms with Crippen LogP contribution in [0.25, 0.3) is 0 Å². The number of hydrogen-bond donors (Lipinski definition) is 1. The van der Waals surface area contributed by atoms with Gasteiger partial charge in [0.05, 0.1) is 0 Å². The minimum Gasteiger partial charge on any atom is -0.508 e. The molecule has 0 saturated heterocycles. The van der Waals surface area contributed by atoms with E-state index < -0.39 is 5.82 Å². The lowest BCUT2D eigenvalue weighted by atomic mass is 10.1. The molecule has 2 nitrogen and oxygen atoms in total. The highest BCUT2D eigenvalue weighted by molar-refractivity contribution is 5.52. The SMILES string of the molecule is Cc1ccccc1N(C)Cc1cc(O)cc(F)c1. The topological polar surface area (TPSA) is 23.5 Å². The molecule has 2 aromatic rings. The lowest BCUT2D eigenvalue weighted by Gasteiger charge is -2.21. The zero-order valence-electron chi connectivity index (χ0n) is 10.5. The van der Waals surface area contributed by atoms with E-state index in [4.69, 9.17) is 0 Å². The number of benzene rings is 2. The Morgan fingerprint density at radius 2 is 1.89 bits per heavy atom. The lowest BCUT2D eigenvalue weighted by molar-refractivity contribution is 0.468. The molecule has 3 heteroatoms. The molecule has 0 saturated carbocycles. The molecule has 2 rings (SSSR count). The molecule has 1 N–H and O–H groups in total. The minimum absolute atomic E-state index is 0.0387. The zero-order valence-corrected chi connectivity index (χ0v) is 10.5. The fraction of sp³-hybridized carbons (Fsp3) is 0.200. The normalized spacial score (nSPS) is 10.4. The van der Waals surface area contributed by atoms with Gasteiger partial charge in [0, 0.05) is 25.3 Å². The van der Waals surface area contributed by atoms with Gasteiger partial charge in [-0.15, -0.1) is 0 Å². The summed E-state index contributed by atoms with van der Waals surface area (Å²) >= 11 is 0. The van der Waals surface area contributed by atoms with E-state index in [1.165, 1.54) is 11.6 Å². The number of hydrogen-bond acceptors (Lipinski definition) is 2. The fourth-order valence-electron chi connectivity index (χ4n) is 2.08. The standard InChI is InChI=1S/C15H16FNO/c1-11-5-3-4-6-15(11)17(2)10-12-7-13(16)9-14(18)8-12/h3-9,18H,10H2,1-2H3. The molecule has 0 bridgehead atoms. The van der Waals surface area contributed by atoms with Gasteiger partial charge in [-0.2, -0.15) is 0 Å². The van der Waals surface area contributed by atoms with Crippen molar-refractivity contribution in [3.63, 3.8) is 0 Å². The van der Waals surface area contributed by atoms with Gasteiger partial charge in [-0.3, -0.25) is 0 Å². The first-order valence-corrected chi connectivity index (χ1v) is 5.81. The fourth-order valence-corrected chi connectivity index (χ4v) is 2.08. The third-order valence-corrected chi connectivity index (χ3v) is 2.89. The van der Waals surface area contributed by atoms with Gasteiger partial charge in [0.1, 0.15) is 11.6 Å². The van der Waals surface area contributed by atoms with E-state index in [1.54, 1.807) is 6.07 Å². The Kier molecular flexibility index (Phi) is 3.51. The van der Waals surface area contributed by atoms with E-state index in [0.717, 1.165) is 17.3 Å². The monoisotopic (exact) mass is 245 g/mol. The van der Waals surface area contributed by atoms with Crippen molar-refractivity contribution >= 4 is 5.69 Å². The largest absolute Gasteiger partial charge is 0.508 e. The highest BCUT2D eigenvalue weighted by atomic mass is 19.1. The van der Waals surface area contributed by atoms with Crippen LogP contribution in [-0.2, 0) is 6.54 Å². The molecule has 0 unspecified atom stereocenters. The highest BCUT2D eigenvalue weighted by Crippen LogP contribution is 2.22. The van der Waals surface area contributed by atoms with Crippen LogP contribution in [0.5, 0.6) is 5.75 Å². The van der Waals surface area contributed by atoms with Crippen molar-refractivity contribution in [2.75, 3.05) is 11.9 Å². The Morgan fingerprint density at radius 1 is 1.17 bits per heavy atom. The number of rotatable bonds is 3. The molecule has 0 heterocycles. The summed E-state index contributed by atoms with van der Waals surface area (Å²) in [5.74, 6) is -0.452. The predicted octanol–water partition coefficient (Wildman–Crippen LogP) is 3.48. The Labute approximate surface area is 106 Å². The van der Waals surface area contributed by atoms with Crippen molar-refractivity contribution < 1.29 is 9.50 Å².